The van der Waals surface area contributed by atoms with Gasteiger partial charge in [-0.2, -0.15) is 5.10 Å². The molecule has 0 atom stereocenters. The van der Waals surface area contributed by atoms with Crippen molar-refractivity contribution < 1.29 is 14.6 Å². The fourth-order valence-corrected chi connectivity index (χ4v) is 2.56. The maximum Gasteiger partial charge on any atom is 0.335 e. The van der Waals surface area contributed by atoms with Crippen molar-refractivity contribution in [2.75, 3.05) is 12.0 Å². The summed E-state index contributed by atoms with van der Waals surface area (Å²) in [5, 5.41) is 13.9. The van der Waals surface area contributed by atoms with E-state index in [1.165, 1.54) is 18.3 Å². The second-order valence-electron chi connectivity index (χ2n) is 5.77. The van der Waals surface area contributed by atoms with E-state index in [9.17, 15) is 4.79 Å². The van der Waals surface area contributed by atoms with Crippen LogP contribution in [0.1, 0.15) is 29.8 Å². The minimum Gasteiger partial charge on any atom is -0.490 e. The van der Waals surface area contributed by atoms with E-state index in [4.69, 9.17) is 33.0 Å². The van der Waals surface area contributed by atoms with Gasteiger partial charge in [0.15, 0.2) is 5.75 Å². The van der Waals surface area contributed by atoms with E-state index in [-0.39, 0.29) is 5.56 Å². The van der Waals surface area contributed by atoms with E-state index in [1.54, 1.807) is 24.3 Å². The number of nitrogens with zero attached hydrogens (tertiary/aromatic N) is 1. The number of hydrogen-bond donors (Lipinski definition) is 2. The summed E-state index contributed by atoms with van der Waals surface area (Å²) in [5.41, 5.74) is 4.20. The van der Waals surface area contributed by atoms with Crippen LogP contribution in [0, 0.1) is 5.92 Å². The first kappa shape index (κ1) is 19.1. The third kappa shape index (κ3) is 5.66. The quantitative estimate of drug-likeness (QED) is 0.513. The average Bonchev–Trinajstić information content (AvgIpc) is 2.54. The van der Waals surface area contributed by atoms with Crippen LogP contribution >= 0.6 is 23.2 Å². The number of carbonyl (C=O) groups is 1. The van der Waals surface area contributed by atoms with Crippen molar-refractivity contribution in [1.82, 2.24) is 0 Å². The van der Waals surface area contributed by atoms with Crippen LogP contribution in [0.2, 0.25) is 10.0 Å². The molecule has 0 bridgehead atoms. The van der Waals surface area contributed by atoms with E-state index in [1.807, 2.05) is 13.8 Å². The normalized spacial score (nSPS) is 11.1. The van der Waals surface area contributed by atoms with Crippen molar-refractivity contribution in [3.63, 3.8) is 0 Å². The Hall–Kier alpha value is -2.24. The van der Waals surface area contributed by atoms with E-state index in [2.05, 4.69) is 10.5 Å². The highest BCUT2D eigenvalue weighted by Crippen LogP contribution is 2.34. The molecule has 0 aliphatic heterocycles. The maximum atomic E-state index is 10.9. The lowest BCUT2D eigenvalue weighted by molar-refractivity contribution is 0.0697. The highest BCUT2D eigenvalue weighted by Gasteiger charge is 2.10. The molecule has 0 aliphatic carbocycles. The summed E-state index contributed by atoms with van der Waals surface area (Å²) in [6, 6.07) is 9.74. The minimum absolute atomic E-state index is 0.179. The van der Waals surface area contributed by atoms with Gasteiger partial charge in [-0.15, -0.1) is 0 Å². The lowest BCUT2D eigenvalue weighted by Gasteiger charge is -2.12. The molecular weight excluding hydrogens is 363 g/mol. The van der Waals surface area contributed by atoms with Gasteiger partial charge in [-0.05, 0) is 41.8 Å². The third-order valence-corrected chi connectivity index (χ3v) is 3.66. The molecule has 0 aromatic heterocycles. The van der Waals surface area contributed by atoms with Gasteiger partial charge in [0, 0.05) is 0 Å². The van der Waals surface area contributed by atoms with Gasteiger partial charge in [0.2, 0.25) is 0 Å². The van der Waals surface area contributed by atoms with E-state index in [0.29, 0.717) is 39.6 Å². The zero-order valence-corrected chi connectivity index (χ0v) is 15.3. The number of halogens is 2. The molecule has 7 heteroatoms. The number of carboxylic acids is 1. The second kappa shape index (κ2) is 8.74. The van der Waals surface area contributed by atoms with Gasteiger partial charge in [0.05, 0.1) is 34.1 Å². The van der Waals surface area contributed by atoms with Crippen LogP contribution in [0.15, 0.2) is 41.5 Å². The van der Waals surface area contributed by atoms with Gasteiger partial charge in [0.1, 0.15) is 0 Å². The summed E-state index contributed by atoms with van der Waals surface area (Å²) in [6.07, 6.45) is 1.54. The molecule has 0 radical (unpaired) electrons. The molecule has 2 rings (SSSR count). The van der Waals surface area contributed by atoms with E-state index in [0.717, 1.165) is 0 Å². The van der Waals surface area contributed by atoms with Crippen molar-refractivity contribution in [3.8, 4) is 5.75 Å². The molecule has 0 spiro atoms. The number of carboxylic acid groups (broad SMARTS) is 1. The first-order valence-corrected chi connectivity index (χ1v) is 8.36. The zero-order valence-electron chi connectivity index (χ0n) is 13.8. The Labute approximate surface area is 156 Å². The molecule has 25 heavy (non-hydrogen) atoms. The zero-order chi connectivity index (χ0) is 18.4. The average molecular weight is 381 g/mol. The molecule has 0 saturated carbocycles. The van der Waals surface area contributed by atoms with Crippen LogP contribution < -0.4 is 10.2 Å². The highest BCUT2D eigenvalue weighted by molar-refractivity contribution is 6.37. The van der Waals surface area contributed by atoms with Gasteiger partial charge < -0.3 is 9.84 Å². The molecule has 132 valence electrons. The topological polar surface area (TPSA) is 70.9 Å². The number of nitrogens with one attached hydrogen (secondary N) is 1. The smallest absolute Gasteiger partial charge is 0.335 e. The van der Waals surface area contributed by atoms with Crippen molar-refractivity contribution in [2.24, 2.45) is 11.0 Å². The molecule has 2 N–H and O–H groups in total. The maximum absolute atomic E-state index is 10.9. The van der Waals surface area contributed by atoms with Crippen LogP contribution in [0.5, 0.6) is 5.75 Å². The summed E-state index contributed by atoms with van der Waals surface area (Å²) in [4.78, 5) is 10.9. The third-order valence-electron chi connectivity index (χ3n) is 3.10. The standard InChI is InChI=1S/C18H18Cl2N2O3/c1-11(2)10-25-17-15(19)6-12(7-16(17)20)9-21-22-14-5-3-4-13(8-14)18(23)24/h3-9,11,22H,10H2,1-2H3,(H,23,24)/b21-9+. The molecule has 0 amide bonds. The van der Waals surface area contributed by atoms with Crippen LogP contribution in [0.4, 0.5) is 5.69 Å². The molecule has 0 fully saturated rings. The molecular formula is C18H18Cl2N2O3. The van der Waals surface area contributed by atoms with Crippen molar-refractivity contribution in [1.29, 1.82) is 0 Å². The number of ether oxygens (including phenoxy) is 1. The van der Waals surface area contributed by atoms with Gasteiger partial charge >= 0.3 is 5.97 Å². The molecule has 0 aliphatic rings. The van der Waals surface area contributed by atoms with Gasteiger partial charge in [-0.1, -0.05) is 43.1 Å². The first-order chi connectivity index (χ1) is 11.9. The predicted octanol–water partition coefficient (Wildman–Crippen LogP) is 5.17. The SMILES string of the molecule is CC(C)COc1c(Cl)cc(/C=N/Nc2cccc(C(=O)O)c2)cc1Cl. The summed E-state index contributed by atoms with van der Waals surface area (Å²) >= 11 is 12.4. The fourth-order valence-electron chi connectivity index (χ4n) is 1.95. The number of hydrazone groups is 1. The van der Waals surface area contributed by atoms with Crippen LogP contribution in [0.3, 0.4) is 0 Å². The molecule has 2 aromatic rings. The summed E-state index contributed by atoms with van der Waals surface area (Å²) in [5.74, 6) is -0.182. The van der Waals surface area contributed by atoms with E-state index >= 15 is 0 Å². The number of rotatable bonds is 7. The Bertz CT molecular complexity index is 769. The highest BCUT2D eigenvalue weighted by atomic mass is 35.5. The van der Waals surface area contributed by atoms with Gasteiger partial charge in [-0.25, -0.2) is 4.79 Å². The Morgan fingerprint density at radius 1 is 1.28 bits per heavy atom. The monoisotopic (exact) mass is 380 g/mol. The fraction of sp³-hybridized carbons (Fsp3) is 0.222. The largest absolute Gasteiger partial charge is 0.490 e. The second-order valence-corrected chi connectivity index (χ2v) is 6.59. The number of aromatic carboxylic acids is 1. The summed E-state index contributed by atoms with van der Waals surface area (Å²) < 4.78 is 5.61. The Morgan fingerprint density at radius 2 is 1.96 bits per heavy atom. The molecule has 0 unspecified atom stereocenters. The molecule has 2 aromatic carbocycles. The number of benzene rings is 2. The van der Waals surface area contributed by atoms with Gasteiger partial charge in [-0.3, -0.25) is 5.43 Å². The van der Waals surface area contributed by atoms with Gasteiger partial charge in [0.25, 0.3) is 0 Å². The Morgan fingerprint density at radius 3 is 2.56 bits per heavy atom. The first-order valence-electron chi connectivity index (χ1n) is 7.61. The van der Waals surface area contributed by atoms with Crippen molar-refractivity contribution in [3.05, 3.63) is 57.6 Å². The lowest BCUT2D eigenvalue weighted by Crippen LogP contribution is -2.05. The van der Waals surface area contributed by atoms with Crippen LogP contribution in [0.25, 0.3) is 0 Å². The summed E-state index contributed by atoms with van der Waals surface area (Å²) in [6.45, 7) is 4.59. The molecule has 0 heterocycles. The number of hydrogen-bond acceptors (Lipinski definition) is 4. The Balaban J connectivity index is 2.08. The molecule has 5 nitrogen and oxygen atoms in total. The Kier molecular flexibility index (Phi) is 6.67. The van der Waals surface area contributed by atoms with Crippen molar-refractivity contribution >= 4 is 41.1 Å². The predicted molar refractivity (Wildman–Crippen MR) is 101 cm³/mol. The lowest BCUT2D eigenvalue weighted by atomic mass is 10.2. The minimum atomic E-state index is -0.997. The number of anilines is 1. The van der Waals surface area contributed by atoms with Crippen LogP contribution in [-0.2, 0) is 0 Å². The van der Waals surface area contributed by atoms with Crippen LogP contribution in [-0.4, -0.2) is 23.9 Å². The summed E-state index contributed by atoms with van der Waals surface area (Å²) in [7, 11) is 0. The van der Waals surface area contributed by atoms with Crippen molar-refractivity contribution in [2.45, 2.75) is 13.8 Å². The molecule has 0 saturated heterocycles. The van der Waals surface area contributed by atoms with E-state index < -0.39 is 5.97 Å².